The maximum Gasteiger partial charge on any atom is 0.490 e. The molecule has 10 nitrogen and oxygen atoms in total. The molecule has 1 saturated heterocycles. The molecule has 3 aromatic rings. The fourth-order valence-electron chi connectivity index (χ4n) is 3.44. The van der Waals surface area contributed by atoms with Gasteiger partial charge in [-0.2, -0.15) is 17.9 Å². The monoisotopic (exact) mass is 569 g/mol. The van der Waals surface area contributed by atoms with Crippen LogP contribution in [0.15, 0.2) is 65.1 Å². The van der Waals surface area contributed by atoms with Crippen LogP contribution in [0, 0.1) is 5.41 Å². The molecule has 15 heteroatoms. The van der Waals surface area contributed by atoms with Crippen molar-refractivity contribution in [2.75, 3.05) is 6.54 Å². The average Bonchev–Trinajstić information content (AvgIpc) is 3.48. The van der Waals surface area contributed by atoms with Gasteiger partial charge >= 0.3 is 12.1 Å². The number of nitrogens with two attached hydrogens (primary N) is 1. The zero-order valence-electron chi connectivity index (χ0n) is 19.5. The number of carbonyl (C=O) groups excluding carboxylic acids is 1. The van der Waals surface area contributed by atoms with Crippen molar-refractivity contribution < 1.29 is 36.3 Å². The van der Waals surface area contributed by atoms with Crippen LogP contribution >= 0.6 is 11.3 Å². The summed E-state index contributed by atoms with van der Waals surface area (Å²) in [4.78, 5) is 28.1. The second-order valence-corrected chi connectivity index (χ2v) is 11.0. The normalized spacial score (nSPS) is 15.6. The highest BCUT2D eigenvalue weighted by Crippen LogP contribution is 2.30. The number of carboxylic acid groups (broad SMARTS) is 1. The van der Waals surface area contributed by atoms with Crippen LogP contribution in [0.4, 0.5) is 13.2 Å². The summed E-state index contributed by atoms with van der Waals surface area (Å²) in [5.74, 6) is -3.06. The minimum absolute atomic E-state index is 0.0400. The Labute approximate surface area is 219 Å². The molecule has 3 heterocycles. The number of hydrogen-bond donors (Lipinski definition) is 4. The van der Waals surface area contributed by atoms with Gasteiger partial charge in [-0.15, -0.1) is 11.3 Å². The maximum absolute atomic E-state index is 12.8. The molecule has 0 unspecified atom stereocenters. The van der Waals surface area contributed by atoms with E-state index in [1.54, 1.807) is 53.7 Å². The van der Waals surface area contributed by atoms with Crippen LogP contribution in [0.1, 0.15) is 17.5 Å². The van der Waals surface area contributed by atoms with Gasteiger partial charge in [0.15, 0.2) is 0 Å². The molecular formula is C23H22F3N5O5S2. The lowest BCUT2D eigenvalue weighted by atomic mass is 10.1. The lowest BCUT2D eigenvalue weighted by Gasteiger charge is -2.17. The average molecular weight is 570 g/mol. The molecule has 1 aliphatic rings. The molecule has 0 bridgehead atoms. The van der Waals surface area contributed by atoms with Crippen molar-refractivity contribution in [1.82, 2.24) is 14.6 Å². The van der Waals surface area contributed by atoms with Gasteiger partial charge in [0.05, 0.1) is 0 Å². The van der Waals surface area contributed by atoms with E-state index < -0.39 is 28.2 Å². The second kappa shape index (κ2) is 11.7. The number of carboxylic acids is 1. The molecule has 0 radical (unpaired) electrons. The van der Waals surface area contributed by atoms with Crippen molar-refractivity contribution in [1.29, 1.82) is 5.41 Å². The smallest absolute Gasteiger partial charge is 0.475 e. The number of amidine groups is 1. The van der Waals surface area contributed by atoms with Gasteiger partial charge in [-0.25, -0.2) is 13.2 Å². The van der Waals surface area contributed by atoms with Crippen LogP contribution in [-0.2, 0) is 26.2 Å². The zero-order valence-corrected chi connectivity index (χ0v) is 21.1. The number of hydrogen-bond acceptors (Lipinski definition) is 7. The molecule has 1 fully saturated rings. The molecule has 2 aromatic heterocycles. The zero-order chi connectivity index (χ0) is 28.1. The first kappa shape index (κ1) is 28.7. The van der Waals surface area contributed by atoms with Crippen LogP contribution < -0.4 is 10.5 Å². The maximum atomic E-state index is 12.8. The summed E-state index contributed by atoms with van der Waals surface area (Å²) >= 11 is 1.14. The number of carbonyl (C=O) groups is 2. The highest BCUT2D eigenvalue weighted by Gasteiger charge is 2.38. The minimum atomic E-state index is -5.08. The molecular weight excluding hydrogens is 547 g/mol. The van der Waals surface area contributed by atoms with E-state index in [0.717, 1.165) is 27.3 Å². The van der Waals surface area contributed by atoms with E-state index in [1.807, 2.05) is 12.1 Å². The predicted octanol–water partition coefficient (Wildman–Crippen LogP) is 2.81. The number of thiophene rings is 1. The number of halogens is 3. The number of sulfonamides is 1. The number of benzene rings is 1. The van der Waals surface area contributed by atoms with Crippen LogP contribution in [0.25, 0.3) is 10.4 Å². The number of nitrogens with zero attached hydrogens (tertiary/aromatic N) is 2. The van der Waals surface area contributed by atoms with Crippen molar-refractivity contribution in [3.05, 3.63) is 72.1 Å². The third-order valence-electron chi connectivity index (χ3n) is 5.24. The molecule has 4 rings (SSSR count). The molecule has 0 aliphatic carbocycles. The number of aromatic nitrogens is 1. The topological polar surface area (TPSA) is 167 Å². The Morgan fingerprint density at radius 3 is 2.55 bits per heavy atom. The number of pyridine rings is 1. The summed E-state index contributed by atoms with van der Waals surface area (Å²) in [5.41, 5.74) is 7.79. The van der Waals surface area contributed by atoms with Gasteiger partial charge in [0.2, 0.25) is 5.91 Å². The molecule has 38 heavy (non-hydrogen) atoms. The molecule has 1 aromatic carbocycles. The summed E-state index contributed by atoms with van der Waals surface area (Å²) in [6.45, 7) is 0.782. The Morgan fingerprint density at radius 2 is 1.95 bits per heavy atom. The van der Waals surface area contributed by atoms with Crippen molar-refractivity contribution >= 4 is 39.1 Å². The summed E-state index contributed by atoms with van der Waals surface area (Å²) in [7, 11) is -3.82. The fourth-order valence-corrected chi connectivity index (χ4v) is 5.97. The first-order valence-electron chi connectivity index (χ1n) is 10.8. The molecule has 5 N–H and O–H groups in total. The van der Waals surface area contributed by atoms with Gasteiger partial charge in [-0.3, -0.25) is 15.2 Å². The van der Waals surface area contributed by atoms with Crippen molar-refractivity contribution in [2.45, 2.75) is 29.4 Å². The number of alkyl halides is 3. The van der Waals surface area contributed by atoms with Gasteiger partial charge in [0.25, 0.3) is 10.0 Å². The third-order valence-corrected chi connectivity index (χ3v) is 8.34. The fraction of sp³-hybridized carbons (Fsp3) is 0.217. The predicted molar refractivity (Wildman–Crippen MR) is 133 cm³/mol. The highest BCUT2D eigenvalue weighted by molar-refractivity contribution is 7.91. The van der Waals surface area contributed by atoms with Crippen molar-refractivity contribution in [3.8, 4) is 10.4 Å². The SMILES string of the molecule is N=C(N)c1cccc(CN2CC[C@H](NS(=O)(=O)c3ccc(-c4cccnc4)s3)C2=O)c1.O=C(O)C(F)(F)F. The standard InChI is InChI=1S/C21H21N5O3S2.C2HF3O2/c22-20(23)15-4-1-3-14(11-15)13-26-10-8-17(21(26)27)25-31(28,29)19-7-6-18(30-19)16-5-2-9-24-12-16;3-2(4,5)1(6)7/h1-7,9,11-12,17,25H,8,10,13H2,(H3,22,23);(H,6,7)/t17-;/m0./s1. The minimum Gasteiger partial charge on any atom is -0.475 e. The van der Waals surface area contributed by atoms with Gasteiger partial charge in [0.1, 0.15) is 16.1 Å². The summed E-state index contributed by atoms with van der Waals surface area (Å²) in [6.07, 6.45) is -1.36. The first-order valence-corrected chi connectivity index (χ1v) is 13.1. The van der Waals surface area contributed by atoms with Gasteiger partial charge in [-0.05, 0) is 36.2 Å². The van der Waals surface area contributed by atoms with Gasteiger partial charge < -0.3 is 15.7 Å². The van der Waals surface area contributed by atoms with E-state index in [4.69, 9.17) is 21.0 Å². The molecule has 1 atom stereocenters. The molecule has 1 aliphatic heterocycles. The highest BCUT2D eigenvalue weighted by atomic mass is 32.2. The van der Waals surface area contributed by atoms with E-state index in [9.17, 15) is 26.4 Å². The lowest BCUT2D eigenvalue weighted by molar-refractivity contribution is -0.192. The summed E-state index contributed by atoms with van der Waals surface area (Å²) < 4.78 is 60.1. The largest absolute Gasteiger partial charge is 0.490 e. The molecule has 0 spiro atoms. The van der Waals surface area contributed by atoms with E-state index in [1.165, 1.54) is 0 Å². The molecule has 1 amide bonds. The van der Waals surface area contributed by atoms with Gasteiger partial charge in [-0.1, -0.05) is 24.3 Å². The summed E-state index contributed by atoms with van der Waals surface area (Å²) in [5, 5.41) is 14.7. The summed E-state index contributed by atoms with van der Waals surface area (Å²) in [6, 6.07) is 13.3. The number of aliphatic carboxylic acids is 1. The van der Waals surface area contributed by atoms with E-state index in [0.29, 0.717) is 25.1 Å². The number of nitrogen functional groups attached to an aromatic ring is 1. The van der Waals surface area contributed by atoms with Crippen LogP contribution in [-0.4, -0.2) is 59.9 Å². The third kappa shape index (κ3) is 7.36. The molecule has 202 valence electrons. The second-order valence-electron chi connectivity index (χ2n) is 8.00. The van der Waals surface area contributed by atoms with Crippen LogP contribution in [0.5, 0.6) is 0 Å². The number of amides is 1. The Hall–Kier alpha value is -3.82. The van der Waals surface area contributed by atoms with E-state index in [2.05, 4.69) is 9.71 Å². The molecule has 0 saturated carbocycles. The first-order chi connectivity index (χ1) is 17.8. The van der Waals surface area contributed by atoms with Crippen LogP contribution in [0.3, 0.4) is 0 Å². The van der Waals surface area contributed by atoms with Crippen molar-refractivity contribution in [2.24, 2.45) is 5.73 Å². The van der Waals surface area contributed by atoms with E-state index in [-0.39, 0.29) is 16.0 Å². The quantitative estimate of drug-likeness (QED) is 0.251. The van der Waals surface area contributed by atoms with Crippen LogP contribution in [0.2, 0.25) is 0 Å². The van der Waals surface area contributed by atoms with Gasteiger partial charge in [0, 0.05) is 41.5 Å². The number of nitrogens with one attached hydrogen (secondary N) is 2. The Balaban J connectivity index is 0.000000505. The lowest BCUT2D eigenvalue weighted by Crippen LogP contribution is -2.41. The van der Waals surface area contributed by atoms with Crippen molar-refractivity contribution in [3.63, 3.8) is 0 Å². The van der Waals surface area contributed by atoms with E-state index >= 15 is 0 Å². The Bertz CT molecular complexity index is 1430. The number of rotatable bonds is 7. The Kier molecular flexibility index (Phi) is 8.85. The number of likely N-dealkylation sites (tertiary alicyclic amines) is 1. The Morgan fingerprint density at radius 1 is 1.24 bits per heavy atom.